The molecule has 1 rings (SSSR count). The summed E-state index contributed by atoms with van der Waals surface area (Å²) < 4.78 is 4.94. The number of hydrogen-bond acceptors (Lipinski definition) is 3. The van der Waals surface area contributed by atoms with Gasteiger partial charge in [-0.25, -0.2) is 4.79 Å². The van der Waals surface area contributed by atoms with Crippen molar-refractivity contribution in [1.82, 2.24) is 5.32 Å². The van der Waals surface area contributed by atoms with Crippen LogP contribution in [0.25, 0.3) is 0 Å². The van der Waals surface area contributed by atoms with Crippen molar-refractivity contribution in [3.05, 3.63) is 0 Å². The summed E-state index contributed by atoms with van der Waals surface area (Å²) >= 11 is 0. The van der Waals surface area contributed by atoms with Gasteiger partial charge in [0.25, 0.3) is 0 Å². The summed E-state index contributed by atoms with van der Waals surface area (Å²) in [5.74, 6) is -0.323. The molecule has 0 aliphatic carbocycles. The van der Waals surface area contributed by atoms with Crippen LogP contribution in [-0.2, 0) is 14.3 Å². The maximum absolute atomic E-state index is 11.6. The van der Waals surface area contributed by atoms with Crippen LogP contribution in [0.3, 0.4) is 0 Å². The Hall–Kier alpha value is -1.06. The lowest BCUT2D eigenvalue weighted by Gasteiger charge is -2.18. The van der Waals surface area contributed by atoms with E-state index in [1.807, 2.05) is 0 Å². The van der Waals surface area contributed by atoms with Crippen molar-refractivity contribution in [1.29, 1.82) is 0 Å². The number of nitrogens with one attached hydrogen (secondary N) is 1. The van der Waals surface area contributed by atoms with E-state index in [0.717, 1.165) is 32.1 Å². The third-order valence-corrected chi connectivity index (χ3v) is 2.80. The third kappa shape index (κ3) is 4.64. The minimum atomic E-state index is -0.439. The second kappa shape index (κ2) is 7.25. The van der Waals surface area contributed by atoms with Gasteiger partial charge in [-0.3, -0.25) is 4.79 Å². The minimum Gasteiger partial charge on any atom is -0.464 e. The smallest absolute Gasteiger partial charge is 0.328 e. The summed E-state index contributed by atoms with van der Waals surface area (Å²) in [6.45, 7) is 2.14. The van der Waals surface area contributed by atoms with E-state index < -0.39 is 6.04 Å². The first-order valence-corrected chi connectivity index (χ1v) is 6.20. The Balaban J connectivity index is 2.49. The predicted molar refractivity (Wildman–Crippen MR) is 60.9 cm³/mol. The molecule has 4 nitrogen and oxygen atoms in total. The van der Waals surface area contributed by atoms with E-state index >= 15 is 0 Å². The zero-order valence-electron chi connectivity index (χ0n) is 9.96. The highest BCUT2D eigenvalue weighted by Crippen LogP contribution is 2.12. The van der Waals surface area contributed by atoms with E-state index in [1.165, 1.54) is 0 Å². The van der Waals surface area contributed by atoms with Gasteiger partial charge in [0, 0.05) is 6.42 Å². The Morgan fingerprint density at radius 3 is 2.75 bits per heavy atom. The van der Waals surface area contributed by atoms with E-state index in [0.29, 0.717) is 19.4 Å². The molecule has 1 fully saturated rings. The molecule has 1 amide bonds. The number of rotatable bonds is 2. The standard InChI is InChI=1S/C12H21NO3/c1-2-16-12(15)10-8-6-4-3-5-7-9-11(14)13-10/h10H,2-9H2,1H3,(H,13,14). The fraction of sp³-hybridized carbons (Fsp3) is 0.833. The van der Waals surface area contributed by atoms with Crippen molar-refractivity contribution in [2.45, 2.75) is 57.9 Å². The lowest BCUT2D eigenvalue weighted by molar-refractivity contribution is -0.147. The second-order valence-corrected chi connectivity index (χ2v) is 4.18. The first-order chi connectivity index (χ1) is 7.74. The summed E-state index contributed by atoms with van der Waals surface area (Å²) in [6, 6.07) is -0.439. The van der Waals surface area contributed by atoms with Gasteiger partial charge in [0.2, 0.25) is 5.91 Å². The van der Waals surface area contributed by atoms with Crippen LogP contribution < -0.4 is 5.32 Å². The molecule has 16 heavy (non-hydrogen) atoms. The zero-order chi connectivity index (χ0) is 11.8. The Morgan fingerprint density at radius 1 is 1.31 bits per heavy atom. The van der Waals surface area contributed by atoms with Crippen molar-refractivity contribution >= 4 is 11.9 Å². The molecule has 1 heterocycles. The number of hydrogen-bond donors (Lipinski definition) is 1. The zero-order valence-corrected chi connectivity index (χ0v) is 9.96. The van der Waals surface area contributed by atoms with Gasteiger partial charge in [-0.1, -0.05) is 25.7 Å². The summed E-state index contributed by atoms with van der Waals surface area (Å²) in [7, 11) is 0. The molecular formula is C12H21NO3. The van der Waals surface area contributed by atoms with E-state index in [4.69, 9.17) is 4.74 Å². The van der Waals surface area contributed by atoms with E-state index in [-0.39, 0.29) is 11.9 Å². The van der Waals surface area contributed by atoms with E-state index in [1.54, 1.807) is 6.92 Å². The Labute approximate surface area is 96.7 Å². The molecule has 0 aromatic rings. The van der Waals surface area contributed by atoms with Crippen LogP contribution in [0.2, 0.25) is 0 Å². The average Bonchev–Trinajstić information content (AvgIpc) is 2.27. The molecule has 1 aliphatic rings. The average molecular weight is 227 g/mol. The molecule has 92 valence electrons. The number of esters is 1. The van der Waals surface area contributed by atoms with Gasteiger partial charge in [0.15, 0.2) is 0 Å². The summed E-state index contributed by atoms with van der Waals surface area (Å²) in [5, 5.41) is 2.76. The van der Waals surface area contributed by atoms with E-state index in [2.05, 4.69) is 5.32 Å². The Bertz CT molecular complexity index is 240. The van der Waals surface area contributed by atoms with Crippen molar-refractivity contribution < 1.29 is 14.3 Å². The maximum Gasteiger partial charge on any atom is 0.328 e. The highest BCUT2D eigenvalue weighted by atomic mass is 16.5. The molecule has 0 aromatic carbocycles. The van der Waals surface area contributed by atoms with Crippen LogP contribution in [0.5, 0.6) is 0 Å². The van der Waals surface area contributed by atoms with Crippen molar-refractivity contribution in [3.8, 4) is 0 Å². The summed E-state index contributed by atoms with van der Waals surface area (Å²) in [6.07, 6.45) is 6.51. The van der Waals surface area contributed by atoms with Gasteiger partial charge in [0.1, 0.15) is 6.04 Å². The Morgan fingerprint density at radius 2 is 2.00 bits per heavy atom. The molecule has 1 aliphatic heterocycles. The molecule has 0 saturated carbocycles. The molecule has 1 saturated heterocycles. The topological polar surface area (TPSA) is 55.4 Å². The molecular weight excluding hydrogens is 206 g/mol. The molecule has 4 heteroatoms. The SMILES string of the molecule is CCOC(=O)C1CCCCCCCC(=O)N1. The van der Waals surface area contributed by atoms with Crippen molar-refractivity contribution in [2.24, 2.45) is 0 Å². The van der Waals surface area contributed by atoms with Crippen LogP contribution in [0.15, 0.2) is 0 Å². The predicted octanol–water partition coefficient (Wildman–Crippen LogP) is 1.78. The lowest BCUT2D eigenvalue weighted by atomic mass is 10.0. The molecule has 0 spiro atoms. The van der Waals surface area contributed by atoms with Crippen LogP contribution in [0.1, 0.15) is 51.9 Å². The number of amides is 1. The monoisotopic (exact) mass is 227 g/mol. The first kappa shape index (κ1) is 13.0. The molecule has 0 aromatic heterocycles. The molecule has 1 atom stereocenters. The summed E-state index contributed by atoms with van der Waals surface area (Å²) in [5.41, 5.74) is 0. The number of carbonyl (C=O) groups excluding carboxylic acids is 2. The van der Waals surface area contributed by atoms with Crippen LogP contribution in [-0.4, -0.2) is 24.5 Å². The Kier molecular flexibility index (Phi) is 5.90. The molecule has 0 radical (unpaired) electrons. The van der Waals surface area contributed by atoms with E-state index in [9.17, 15) is 9.59 Å². The minimum absolute atomic E-state index is 0.0278. The van der Waals surface area contributed by atoms with Gasteiger partial charge < -0.3 is 10.1 Å². The molecule has 0 bridgehead atoms. The van der Waals surface area contributed by atoms with Crippen LogP contribution in [0, 0.1) is 0 Å². The quantitative estimate of drug-likeness (QED) is 0.731. The second-order valence-electron chi connectivity index (χ2n) is 4.18. The van der Waals surface area contributed by atoms with Gasteiger partial charge in [-0.05, 0) is 19.8 Å². The largest absolute Gasteiger partial charge is 0.464 e. The number of ether oxygens (including phenoxy) is 1. The third-order valence-electron chi connectivity index (χ3n) is 2.80. The number of carbonyl (C=O) groups is 2. The van der Waals surface area contributed by atoms with Crippen molar-refractivity contribution in [3.63, 3.8) is 0 Å². The van der Waals surface area contributed by atoms with Gasteiger partial charge in [0.05, 0.1) is 6.61 Å². The van der Waals surface area contributed by atoms with Crippen molar-refractivity contribution in [2.75, 3.05) is 6.61 Å². The first-order valence-electron chi connectivity index (χ1n) is 6.20. The van der Waals surface area contributed by atoms with Crippen LogP contribution >= 0.6 is 0 Å². The normalized spacial score (nSPS) is 23.3. The molecule has 1 N–H and O–H groups in total. The highest BCUT2D eigenvalue weighted by Gasteiger charge is 2.21. The molecule has 1 unspecified atom stereocenters. The lowest BCUT2D eigenvalue weighted by Crippen LogP contribution is -2.42. The van der Waals surface area contributed by atoms with Gasteiger partial charge >= 0.3 is 5.97 Å². The fourth-order valence-corrected chi connectivity index (χ4v) is 1.92. The van der Waals surface area contributed by atoms with Gasteiger partial charge in [-0.2, -0.15) is 0 Å². The van der Waals surface area contributed by atoms with Crippen LogP contribution in [0.4, 0.5) is 0 Å². The summed E-state index contributed by atoms with van der Waals surface area (Å²) in [4.78, 5) is 23.1. The van der Waals surface area contributed by atoms with Gasteiger partial charge in [-0.15, -0.1) is 0 Å². The maximum atomic E-state index is 11.6. The highest BCUT2D eigenvalue weighted by molar-refractivity contribution is 5.84. The fourth-order valence-electron chi connectivity index (χ4n) is 1.92.